The second-order valence-corrected chi connectivity index (χ2v) is 5.66. The van der Waals surface area contributed by atoms with E-state index in [2.05, 4.69) is 15.5 Å². The minimum Gasteiger partial charge on any atom is -0.481 e. The van der Waals surface area contributed by atoms with Crippen LogP contribution in [-0.2, 0) is 16.1 Å². The van der Waals surface area contributed by atoms with Gasteiger partial charge >= 0.3 is 5.97 Å². The van der Waals surface area contributed by atoms with Crippen LogP contribution in [0.5, 0.6) is 0 Å². The highest BCUT2D eigenvalue weighted by molar-refractivity contribution is 7.11. The van der Waals surface area contributed by atoms with Gasteiger partial charge in [0, 0.05) is 18.8 Å². The lowest BCUT2D eigenvalue weighted by atomic mass is 10.2. The number of carbonyl (C=O) groups is 2. The van der Waals surface area contributed by atoms with E-state index >= 15 is 0 Å². The molecule has 0 aliphatic heterocycles. The molecular formula is C12H19N3O3S. The van der Waals surface area contributed by atoms with E-state index in [1.54, 1.807) is 0 Å². The number of hydrogen-bond acceptors (Lipinski definition) is 5. The molecule has 0 saturated heterocycles. The normalized spacial score (nSPS) is 10.7. The van der Waals surface area contributed by atoms with E-state index in [-0.39, 0.29) is 12.3 Å². The van der Waals surface area contributed by atoms with Crippen molar-refractivity contribution in [3.8, 4) is 0 Å². The average Bonchev–Trinajstić information content (AvgIpc) is 2.81. The third kappa shape index (κ3) is 6.28. The number of amides is 1. The second kappa shape index (κ2) is 7.83. The van der Waals surface area contributed by atoms with Crippen molar-refractivity contribution in [3.63, 3.8) is 0 Å². The van der Waals surface area contributed by atoms with Gasteiger partial charge in [0.05, 0.1) is 6.54 Å². The fraction of sp³-hybridized carbons (Fsp3) is 0.667. The third-order valence-corrected chi connectivity index (χ3v) is 3.68. The smallest absolute Gasteiger partial charge is 0.303 e. The van der Waals surface area contributed by atoms with Crippen LogP contribution in [-0.4, -0.2) is 27.2 Å². The minimum absolute atomic E-state index is 0.0771. The molecule has 0 aliphatic carbocycles. The van der Waals surface area contributed by atoms with Gasteiger partial charge in [-0.2, -0.15) is 0 Å². The Hall–Kier alpha value is -1.50. The fourth-order valence-corrected chi connectivity index (χ4v) is 2.18. The summed E-state index contributed by atoms with van der Waals surface area (Å²) in [6, 6.07) is 0. The van der Waals surface area contributed by atoms with Crippen LogP contribution >= 0.6 is 11.3 Å². The van der Waals surface area contributed by atoms with Gasteiger partial charge < -0.3 is 10.4 Å². The summed E-state index contributed by atoms with van der Waals surface area (Å²) in [6.07, 6.45) is 1.58. The topological polar surface area (TPSA) is 92.2 Å². The molecule has 0 radical (unpaired) electrons. The summed E-state index contributed by atoms with van der Waals surface area (Å²) >= 11 is 1.50. The number of carboxylic acids is 1. The van der Waals surface area contributed by atoms with E-state index in [1.165, 1.54) is 11.3 Å². The van der Waals surface area contributed by atoms with Crippen molar-refractivity contribution in [2.75, 3.05) is 0 Å². The minimum atomic E-state index is -0.824. The molecule has 106 valence electrons. The number of carboxylic acid groups (broad SMARTS) is 1. The fourth-order valence-electron chi connectivity index (χ4n) is 1.40. The Bertz CT molecular complexity index is 432. The highest BCUT2D eigenvalue weighted by atomic mass is 32.1. The van der Waals surface area contributed by atoms with Gasteiger partial charge in [0.1, 0.15) is 10.0 Å². The Morgan fingerprint density at radius 2 is 1.95 bits per heavy atom. The maximum Gasteiger partial charge on any atom is 0.303 e. The molecule has 0 unspecified atom stereocenters. The predicted octanol–water partition coefficient (Wildman–Crippen LogP) is 1.92. The molecule has 0 saturated carbocycles. The molecule has 0 fully saturated rings. The first-order chi connectivity index (χ1) is 8.99. The lowest BCUT2D eigenvalue weighted by Crippen LogP contribution is -2.22. The summed E-state index contributed by atoms with van der Waals surface area (Å²) in [7, 11) is 0. The molecule has 1 rings (SSSR count). The van der Waals surface area contributed by atoms with Crippen molar-refractivity contribution in [2.45, 2.75) is 52.0 Å². The molecule has 0 bridgehead atoms. The number of rotatable bonds is 8. The first-order valence-corrected chi connectivity index (χ1v) is 7.11. The summed E-state index contributed by atoms with van der Waals surface area (Å²) in [5, 5.41) is 21.0. The molecule has 0 aliphatic rings. The third-order valence-electron chi connectivity index (χ3n) is 2.46. The van der Waals surface area contributed by atoms with Gasteiger partial charge in [0.25, 0.3) is 0 Å². The van der Waals surface area contributed by atoms with Gasteiger partial charge in [-0.25, -0.2) is 0 Å². The molecular weight excluding hydrogens is 266 g/mol. The molecule has 1 aromatic heterocycles. The maximum atomic E-state index is 11.5. The summed E-state index contributed by atoms with van der Waals surface area (Å²) in [5.74, 6) is -0.555. The zero-order valence-electron chi connectivity index (χ0n) is 11.2. The SMILES string of the molecule is CC(C)c1nnc(CNC(=O)CCCCC(=O)O)s1. The highest BCUT2D eigenvalue weighted by Gasteiger charge is 2.09. The van der Waals surface area contributed by atoms with E-state index in [1.807, 2.05) is 13.8 Å². The van der Waals surface area contributed by atoms with Crippen molar-refractivity contribution >= 4 is 23.2 Å². The maximum absolute atomic E-state index is 11.5. The molecule has 6 nitrogen and oxygen atoms in total. The van der Waals surface area contributed by atoms with Gasteiger partial charge in [-0.3, -0.25) is 9.59 Å². The Balaban J connectivity index is 2.20. The van der Waals surface area contributed by atoms with Crippen LogP contribution in [0, 0.1) is 0 Å². The van der Waals surface area contributed by atoms with Crippen LogP contribution in [0.2, 0.25) is 0 Å². The van der Waals surface area contributed by atoms with Crippen LogP contribution in [0.25, 0.3) is 0 Å². The summed E-state index contributed by atoms with van der Waals surface area (Å²) < 4.78 is 0. The quantitative estimate of drug-likeness (QED) is 0.712. The number of nitrogens with zero attached hydrogens (tertiary/aromatic N) is 2. The van der Waals surface area contributed by atoms with Crippen molar-refractivity contribution in [1.82, 2.24) is 15.5 Å². The van der Waals surface area contributed by atoms with Crippen molar-refractivity contribution in [1.29, 1.82) is 0 Å². The van der Waals surface area contributed by atoms with Crippen LogP contribution in [0.3, 0.4) is 0 Å². The standard InChI is InChI=1S/C12H19N3O3S/c1-8(2)12-15-14-10(19-12)7-13-9(16)5-3-4-6-11(17)18/h8H,3-7H2,1-2H3,(H,13,16)(H,17,18). The van der Waals surface area contributed by atoms with Crippen molar-refractivity contribution in [3.05, 3.63) is 10.0 Å². The zero-order valence-corrected chi connectivity index (χ0v) is 12.0. The van der Waals surface area contributed by atoms with E-state index in [4.69, 9.17) is 5.11 Å². The lowest BCUT2D eigenvalue weighted by Gasteiger charge is -2.02. The van der Waals surface area contributed by atoms with Gasteiger partial charge in [0.2, 0.25) is 5.91 Å². The number of hydrogen-bond donors (Lipinski definition) is 2. The number of unbranched alkanes of at least 4 members (excludes halogenated alkanes) is 1. The van der Waals surface area contributed by atoms with Gasteiger partial charge in [-0.15, -0.1) is 10.2 Å². The molecule has 2 N–H and O–H groups in total. The van der Waals surface area contributed by atoms with E-state index in [0.717, 1.165) is 10.0 Å². The van der Waals surface area contributed by atoms with E-state index < -0.39 is 5.97 Å². The molecule has 19 heavy (non-hydrogen) atoms. The van der Waals surface area contributed by atoms with E-state index in [9.17, 15) is 9.59 Å². The summed E-state index contributed by atoms with van der Waals surface area (Å²) in [6.45, 7) is 4.48. The zero-order chi connectivity index (χ0) is 14.3. The van der Waals surface area contributed by atoms with Gasteiger partial charge in [-0.1, -0.05) is 25.2 Å². The predicted molar refractivity (Wildman–Crippen MR) is 71.9 cm³/mol. The van der Waals surface area contributed by atoms with Crippen LogP contribution in [0.1, 0.15) is 55.5 Å². The Morgan fingerprint density at radius 1 is 1.26 bits per heavy atom. The van der Waals surface area contributed by atoms with Crippen LogP contribution < -0.4 is 5.32 Å². The Morgan fingerprint density at radius 3 is 2.53 bits per heavy atom. The summed E-state index contributed by atoms with van der Waals surface area (Å²) in [5.41, 5.74) is 0. The lowest BCUT2D eigenvalue weighted by molar-refractivity contribution is -0.137. The van der Waals surface area contributed by atoms with Gasteiger partial charge in [-0.05, 0) is 12.8 Å². The Labute approximate surface area is 116 Å². The van der Waals surface area contributed by atoms with Crippen molar-refractivity contribution in [2.24, 2.45) is 0 Å². The number of aliphatic carboxylic acids is 1. The molecule has 0 atom stereocenters. The van der Waals surface area contributed by atoms with Crippen LogP contribution in [0.15, 0.2) is 0 Å². The number of nitrogens with one attached hydrogen (secondary N) is 1. The monoisotopic (exact) mass is 285 g/mol. The molecule has 1 amide bonds. The molecule has 0 aromatic carbocycles. The Kier molecular flexibility index (Phi) is 6.41. The summed E-state index contributed by atoms with van der Waals surface area (Å²) in [4.78, 5) is 21.8. The van der Waals surface area contributed by atoms with E-state index in [0.29, 0.717) is 31.7 Å². The second-order valence-electron chi connectivity index (χ2n) is 4.57. The average molecular weight is 285 g/mol. The first kappa shape index (κ1) is 15.6. The number of aromatic nitrogens is 2. The molecule has 0 spiro atoms. The first-order valence-electron chi connectivity index (χ1n) is 6.29. The molecule has 7 heteroatoms. The van der Waals surface area contributed by atoms with Crippen LogP contribution in [0.4, 0.5) is 0 Å². The molecule has 1 aromatic rings. The molecule has 1 heterocycles. The highest BCUT2D eigenvalue weighted by Crippen LogP contribution is 2.18. The van der Waals surface area contributed by atoms with Crippen molar-refractivity contribution < 1.29 is 14.7 Å². The van der Waals surface area contributed by atoms with Gasteiger partial charge in [0.15, 0.2) is 0 Å². The largest absolute Gasteiger partial charge is 0.481 e. The number of carbonyl (C=O) groups excluding carboxylic acids is 1.